The largest absolute Gasteiger partial charge is 0.497 e. The number of carbonyl (C=O) groups is 1. The molecule has 0 unspecified atom stereocenters. The molecule has 2 rings (SSSR count). The minimum atomic E-state index is 0.0389. The number of aliphatic hydroxyl groups excluding tert-OH is 1. The van der Waals surface area contributed by atoms with Crippen molar-refractivity contribution < 1.29 is 14.6 Å². The molecule has 1 saturated heterocycles. The van der Waals surface area contributed by atoms with Crippen molar-refractivity contribution in [1.29, 1.82) is 0 Å². The van der Waals surface area contributed by atoms with Gasteiger partial charge >= 0.3 is 0 Å². The highest BCUT2D eigenvalue weighted by Gasteiger charge is 2.27. The first-order valence-electron chi connectivity index (χ1n) is 6.82. The SMILES string of the molecule is COc1cccc(C(=O)N2CCCC[C@H]2CCO)c1. The minimum Gasteiger partial charge on any atom is -0.497 e. The monoisotopic (exact) mass is 263 g/mol. The molecule has 4 nitrogen and oxygen atoms in total. The smallest absolute Gasteiger partial charge is 0.254 e. The van der Waals surface area contributed by atoms with Crippen LogP contribution < -0.4 is 4.74 Å². The number of benzene rings is 1. The molecule has 0 spiro atoms. The van der Waals surface area contributed by atoms with Gasteiger partial charge in [-0.15, -0.1) is 0 Å². The fourth-order valence-electron chi connectivity index (χ4n) is 2.64. The van der Waals surface area contributed by atoms with Crippen molar-refractivity contribution in [2.75, 3.05) is 20.3 Å². The Morgan fingerprint density at radius 3 is 3.05 bits per heavy atom. The Bertz CT molecular complexity index is 431. The number of aliphatic hydroxyl groups is 1. The molecular weight excluding hydrogens is 242 g/mol. The van der Waals surface area contributed by atoms with E-state index >= 15 is 0 Å². The second kappa shape index (κ2) is 6.57. The highest BCUT2D eigenvalue weighted by Crippen LogP contribution is 2.23. The highest BCUT2D eigenvalue weighted by atomic mass is 16.5. The molecule has 0 aromatic heterocycles. The fraction of sp³-hybridized carbons (Fsp3) is 0.533. The van der Waals surface area contributed by atoms with E-state index in [1.54, 1.807) is 13.2 Å². The molecule has 104 valence electrons. The van der Waals surface area contributed by atoms with Crippen LogP contribution in [0.15, 0.2) is 24.3 Å². The number of amides is 1. The Morgan fingerprint density at radius 1 is 1.47 bits per heavy atom. The predicted octanol–water partition coefficient (Wildman–Crippen LogP) is 2.07. The van der Waals surface area contributed by atoms with E-state index in [1.165, 1.54) is 0 Å². The summed E-state index contributed by atoms with van der Waals surface area (Å²) in [5.41, 5.74) is 0.657. The van der Waals surface area contributed by atoms with Gasteiger partial charge in [0.15, 0.2) is 0 Å². The van der Waals surface area contributed by atoms with Crippen molar-refractivity contribution in [2.24, 2.45) is 0 Å². The number of hydrogen-bond donors (Lipinski definition) is 1. The van der Waals surface area contributed by atoms with Gasteiger partial charge in [-0.2, -0.15) is 0 Å². The van der Waals surface area contributed by atoms with E-state index in [0.29, 0.717) is 17.7 Å². The number of ether oxygens (including phenoxy) is 1. The number of rotatable bonds is 4. The molecule has 1 N–H and O–H groups in total. The maximum absolute atomic E-state index is 12.5. The summed E-state index contributed by atoms with van der Waals surface area (Å²) >= 11 is 0. The quantitative estimate of drug-likeness (QED) is 0.904. The Hall–Kier alpha value is -1.55. The number of likely N-dealkylation sites (tertiary alicyclic amines) is 1. The van der Waals surface area contributed by atoms with Crippen LogP contribution in [-0.4, -0.2) is 42.2 Å². The second-order valence-electron chi connectivity index (χ2n) is 4.89. The van der Waals surface area contributed by atoms with Crippen molar-refractivity contribution in [2.45, 2.75) is 31.7 Å². The standard InChI is InChI=1S/C15H21NO3/c1-19-14-7-4-5-12(11-14)15(18)16-9-3-2-6-13(16)8-10-17/h4-5,7,11,13,17H,2-3,6,8-10H2,1H3/t13-/m0/s1. The maximum Gasteiger partial charge on any atom is 0.254 e. The molecule has 1 aromatic carbocycles. The number of piperidine rings is 1. The topological polar surface area (TPSA) is 49.8 Å². The van der Waals surface area contributed by atoms with E-state index in [4.69, 9.17) is 9.84 Å². The summed E-state index contributed by atoms with van der Waals surface area (Å²) in [7, 11) is 1.60. The summed E-state index contributed by atoms with van der Waals surface area (Å²) in [5.74, 6) is 0.735. The maximum atomic E-state index is 12.5. The molecular formula is C15H21NO3. The number of hydrogen-bond acceptors (Lipinski definition) is 3. The van der Waals surface area contributed by atoms with Gasteiger partial charge in [0.2, 0.25) is 0 Å². The summed E-state index contributed by atoms with van der Waals surface area (Å²) in [6, 6.07) is 7.41. The van der Waals surface area contributed by atoms with Gasteiger partial charge in [-0.3, -0.25) is 4.79 Å². The van der Waals surface area contributed by atoms with E-state index in [0.717, 1.165) is 25.8 Å². The summed E-state index contributed by atoms with van der Waals surface area (Å²) < 4.78 is 5.16. The minimum absolute atomic E-state index is 0.0389. The lowest BCUT2D eigenvalue weighted by molar-refractivity contribution is 0.0574. The van der Waals surface area contributed by atoms with Crippen LogP contribution in [0.4, 0.5) is 0 Å². The zero-order valence-corrected chi connectivity index (χ0v) is 11.3. The van der Waals surface area contributed by atoms with Gasteiger partial charge < -0.3 is 14.7 Å². The lowest BCUT2D eigenvalue weighted by atomic mass is 9.98. The van der Waals surface area contributed by atoms with Gasteiger partial charge in [0.1, 0.15) is 5.75 Å². The summed E-state index contributed by atoms with van der Waals surface area (Å²) in [4.78, 5) is 14.4. The third-order valence-electron chi connectivity index (χ3n) is 3.67. The average molecular weight is 263 g/mol. The first-order chi connectivity index (χ1) is 9.26. The van der Waals surface area contributed by atoms with Crippen molar-refractivity contribution in [3.8, 4) is 5.75 Å². The first-order valence-corrected chi connectivity index (χ1v) is 6.82. The normalized spacial score (nSPS) is 19.3. The first kappa shape index (κ1) is 13.9. The Morgan fingerprint density at radius 2 is 2.32 bits per heavy atom. The molecule has 0 bridgehead atoms. The van der Waals surface area contributed by atoms with E-state index in [2.05, 4.69) is 0 Å². The third-order valence-corrected chi connectivity index (χ3v) is 3.67. The van der Waals surface area contributed by atoms with Crippen LogP contribution in [0.2, 0.25) is 0 Å². The van der Waals surface area contributed by atoms with Crippen LogP contribution in [0, 0.1) is 0 Å². The number of methoxy groups -OCH3 is 1. The molecule has 4 heteroatoms. The van der Waals surface area contributed by atoms with Crippen LogP contribution in [0.5, 0.6) is 5.75 Å². The van der Waals surface area contributed by atoms with Crippen LogP contribution >= 0.6 is 0 Å². The van der Waals surface area contributed by atoms with Gasteiger partial charge in [-0.05, 0) is 43.9 Å². The zero-order chi connectivity index (χ0) is 13.7. The van der Waals surface area contributed by atoms with Crippen LogP contribution in [0.3, 0.4) is 0 Å². The number of nitrogens with zero attached hydrogens (tertiary/aromatic N) is 1. The van der Waals surface area contributed by atoms with Gasteiger partial charge in [0, 0.05) is 24.8 Å². The molecule has 0 radical (unpaired) electrons. The molecule has 1 aliphatic heterocycles. The zero-order valence-electron chi connectivity index (χ0n) is 11.3. The van der Waals surface area contributed by atoms with E-state index in [9.17, 15) is 4.79 Å². The molecule has 0 aliphatic carbocycles. The Kier molecular flexibility index (Phi) is 4.80. The average Bonchev–Trinajstić information content (AvgIpc) is 2.47. The highest BCUT2D eigenvalue weighted by molar-refractivity contribution is 5.94. The molecule has 1 heterocycles. The van der Waals surface area contributed by atoms with Crippen LogP contribution in [0.25, 0.3) is 0 Å². The van der Waals surface area contributed by atoms with E-state index in [-0.39, 0.29) is 18.6 Å². The lowest BCUT2D eigenvalue weighted by Gasteiger charge is -2.35. The van der Waals surface area contributed by atoms with Crippen molar-refractivity contribution in [3.05, 3.63) is 29.8 Å². The third kappa shape index (κ3) is 3.26. The molecule has 1 aliphatic rings. The van der Waals surface area contributed by atoms with E-state index < -0.39 is 0 Å². The van der Waals surface area contributed by atoms with Gasteiger partial charge in [-0.25, -0.2) is 0 Å². The fourth-order valence-corrected chi connectivity index (χ4v) is 2.64. The molecule has 1 amide bonds. The molecule has 1 fully saturated rings. The Balaban J connectivity index is 2.16. The van der Waals surface area contributed by atoms with Gasteiger partial charge in [0.25, 0.3) is 5.91 Å². The molecule has 1 aromatic rings. The summed E-state index contributed by atoms with van der Waals surface area (Å²) in [5, 5.41) is 9.11. The van der Waals surface area contributed by atoms with Gasteiger partial charge in [-0.1, -0.05) is 6.07 Å². The molecule has 19 heavy (non-hydrogen) atoms. The summed E-state index contributed by atoms with van der Waals surface area (Å²) in [6.07, 6.45) is 3.82. The predicted molar refractivity (Wildman–Crippen MR) is 73.4 cm³/mol. The van der Waals surface area contributed by atoms with Gasteiger partial charge in [0.05, 0.1) is 7.11 Å². The lowest BCUT2D eigenvalue weighted by Crippen LogP contribution is -2.44. The van der Waals surface area contributed by atoms with E-state index in [1.807, 2.05) is 23.1 Å². The van der Waals surface area contributed by atoms with Crippen molar-refractivity contribution >= 4 is 5.91 Å². The van der Waals surface area contributed by atoms with Crippen molar-refractivity contribution in [1.82, 2.24) is 4.90 Å². The number of carbonyl (C=O) groups excluding carboxylic acids is 1. The molecule has 1 atom stereocenters. The molecule has 0 saturated carbocycles. The van der Waals surface area contributed by atoms with Crippen molar-refractivity contribution in [3.63, 3.8) is 0 Å². The summed E-state index contributed by atoms with van der Waals surface area (Å²) in [6.45, 7) is 0.910. The van der Waals surface area contributed by atoms with Crippen LogP contribution in [0.1, 0.15) is 36.0 Å². The van der Waals surface area contributed by atoms with Crippen LogP contribution in [-0.2, 0) is 0 Å². The second-order valence-corrected chi connectivity index (χ2v) is 4.89. The Labute approximate surface area is 114 Å².